The highest BCUT2D eigenvalue weighted by Gasteiger charge is 2.29. The highest BCUT2D eigenvalue weighted by Crippen LogP contribution is 2.31. The number of fused-ring (bicyclic) bond motifs is 1. The number of carbonyl (C=O) groups is 1. The number of methoxy groups -OCH3 is 1. The zero-order valence-electron chi connectivity index (χ0n) is 11.4. The maximum atomic E-state index is 12.3. The summed E-state index contributed by atoms with van der Waals surface area (Å²) in [6.45, 7) is 0. The maximum absolute atomic E-state index is 12.3. The lowest BCUT2D eigenvalue weighted by Crippen LogP contribution is -2.31. The molecule has 0 aliphatic carbocycles. The molecule has 108 valence electrons. The van der Waals surface area contributed by atoms with E-state index < -0.39 is 6.10 Å². The zero-order valence-corrected chi connectivity index (χ0v) is 12.2. The monoisotopic (exact) mass is 303 g/mol. The minimum atomic E-state index is -0.536. The van der Waals surface area contributed by atoms with Crippen LogP contribution in [0, 0.1) is 0 Å². The standard InChI is InChI=1S/C16H14ClNO3/c1-20-14-7-6-11(17)9-12(14)18-16(19)15-8-10-4-2-3-5-13(10)21-15/h2-7,9,15H,8H2,1H3,(H,18,19)/t15-/m0/s1. The minimum absolute atomic E-state index is 0.216. The summed E-state index contributed by atoms with van der Waals surface area (Å²) in [5.74, 6) is 1.10. The summed E-state index contributed by atoms with van der Waals surface area (Å²) >= 11 is 5.95. The molecule has 1 atom stereocenters. The number of ether oxygens (including phenoxy) is 2. The van der Waals surface area contributed by atoms with Crippen LogP contribution in [0.4, 0.5) is 5.69 Å². The molecule has 3 rings (SSSR count). The molecule has 0 saturated heterocycles. The molecule has 1 amide bonds. The second-order valence-corrected chi connectivity index (χ2v) is 5.19. The van der Waals surface area contributed by atoms with Crippen LogP contribution in [-0.4, -0.2) is 19.1 Å². The van der Waals surface area contributed by atoms with Crippen molar-refractivity contribution in [1.29, 1.82) is 0 Å². The van der Waals surface area contributed by atoms with Gasteiger partial charge in [-0.2, -0.15) is 0 Å². The summed E-state index contributed by atoms with van der Waals surface area (Å²) in [5, 5.41) is 3.34. The van der Waals surface area contributed by atoms with Crippen molar-refractivity contribution in [1.82, 2.24) is 0 Å². The zero-order chi connectivity index (χ0) is 14.8. The summed E-state index contributed by atoms with van der Waals surface area (Å²) in [5.41, 5.74) is 1.57. The van der Waals surface area contributed by atoms with Crippen molar-refractivity contribution in [3.05, 3.63) is 53.1 Å². The first-order valence-electron chi connectivity index (χ1n) is 6.56. The van der Waals surface area contributed by atoms with Gasteiger partial charge >= 0.3 is 0 Å². The van der Waals surface area contributed by atoms with Gasteiger partial charge in [-0.15, -0.1) is 0 Å². The van der Waals surface area contributed by atoms with Gasteiger partial charge in [0.2, 0.25) is 0 Å². The predicted molar refractivity (Wildman–Crippen MR) is 81.2 cm³/mol. The number of halogens is 1. The van der Waals surface area contributed by atoms with Gasteiger partial charge in [-0.25, -0.2) is 0 Å². The summed E-state index contributed by atoms with van der Waals surface area (Å²) < 4.78 is 10.9. The molecule has 0 unspecified atom stereocenters. The average molecular weight is 304 g/mol. The fourth-order valence-electron chi connectivity index (χ4n) is 2.32. The van der Waals surface area contributed by atoms with Crippen LogP contribution in [0.3, 0.4) is 0 Å². The van der Waals surface area contributed by atoms with Crippen molar-refractivity contribution in [3.8, 4) is 11.5 Å². The summed E-state index contributed by atoms with van der Waals surface area (Å²) in [4.78, 5) is 12.3. The smallest absolute Gasteiger partial charge is 0.265 e. The second-order valence-electron chi connectivity index (χ2n) is 4.75. The van der Waals surface area contributed by atoms with Gasteiger partial charge in [-0.1, -0.05) is 29.8 Å². The van der Waals surface area contributed by atoms with E-state index in [-0.39, 0.29) is 5.91 Å². The van der Waals surface area contributed by atoms with E-state index in [1.807, 2.05) is 24.3 Å². The van der Waals surface area contributed by atoms with Crippen LogP contribution in [0.5, 0.6) is 11.5 Å². The van der Waals surface area contributed by atoms with E-state index in [2.05, 4.69) is 5.32 Å². The molecule has 1 aliphatic heterocycles. The maximum Gasteiger partial charge on any atom is 0.265 e. The molecule has 21 heavy (non-hydrogen) atoms. The number of hydrogen-bond acceptors (Lipinski definition) is 3. The van der Waals surface area contributed by atoms with Crippen LogP contribution in [0.25, 0.3) is 0 Å². The molecular weight excluding hydrogens is 290 g/mol. The van der Waals surface area contributed by atoms with E-state index in [1.54, 1.807) is 25.3 Å². The Morgan fingerprint density at radius 1 is 1.33 bits per heavy atom. The molecule has 0 spiro atoms. The number of amides is 1. The number of nitrogens with one attached hydrogen (secondary N) is 1. The molecule has 0 saturated carbocycles. The van der Waals surface area contributed by atoms with Crippen LogP contribution in [0.2, 0.25) is 5.02 Å². The average Bonchev–Trinajstić information content (AvgIpc) is 2.91. The molecule has 1 aliphatic rings. The van der Waals surface area contributed by atoms with E-state index in [4.69, 9.17) is 21.1 Å². The van der Waals surface area contributed by atoms with Gasteiger partial charge in [-0.05, 0) is 29.8 Å². The molecule has 0 bridgehead atoms. The van der Waals surface area contributed by atoms with Gasteiger partial charge in [0.25, 0.3) is 5.91 Å². The van der Waals surface area contributed by atoms with Gasteiger partial charge in [-0.3, -0.25) is 4.79 Å². The van der Waals surface area contributed by atoms with Gasteiger partial charge in [0.15, 0.2) is 6.10 Å². The van der Waals surface area contributed by atoms with Crippen molar-refractivity contribution >= 4 is 23.2 Å². The van der Waals surface area contributed by atoms with E-state index in [0.717, 1.165) is 11.3 Å². The topological polar surface area (TPSA) is 47.6 Å². The Morgan fingerprint density at radius 3 is 2.90 bits per heavy atom. The molecule has 0 aromatic heterocycles. The first kappa shape index (κ1) is 13.8. The molecule has 0 radical (unpaired) electrons. The first-order chi connectivity index (χ1) is 10.2. The summed E-state index contributed by atoms with van der Waals surface area (Å²) in [6, 6.07) is 12.7. The largest absolute Gasteiger partial charge is 0.495 e. The van der Waals surface area contributed by atoms with Crippen molar-refractivity contribution in [2.45, 2.75) is 12.5 Å². The lowest BCUT2D eigenvalue weighted by Gasteiger charge is -2.14. The summed E-state index contributed by atoms with van der Waals surface area (Å²) in [7, 11) is 1.54. The Morgan fingerprint density at radius 2 is 2.14 bits per heavy atom. The van der Waals surface area contributed by atoms with E-state index in [1.165, 1.54) is 0 Å². The van der Waals surface area contributed by atoms with E-state index >= 15 is 0 Å². The fraction of sp³-hybridized carbons (Fsp3) is 0.188. The Balaban J connectivity index is 1.75. The molecule has 5 heteroatoms. The van der Waals surface area contributed by atoms with Gasteiger partial charge in [0.1, 0.15) is 11.5 Å². The highest BCUT2D eigenvalue weighted by atomic mass is 35.5. The number of anilines is 1. The van der Waals surface area contributed by atoms with Crippen LogP contribution in [-0.2, 0) is 11.2 Å². The molecule has 4 nitrogen and oxygen atoms in total. The Labute approximate surface area is 127 Å². The minimum Gasteiger partial charge on any atom is -0.495 e. The molecule has 1 N–H and O–H groups in total. The van der Waals surface area contributed by atoms with Crippen LogP contribution >= 0.6 is 11.6 Å². The second kappa shape index (κ2) is 5.66. The third-order valence-electron chi connectivity index (χ3n) is 3.36. The first-order valence-corrected chi connectivity index (χ1v) is 6.94. The molecule has 1 heterocycles. The number of benzene rings is 2. The Kier molecular flexibility index (Phi) is 3.71. The van der Waals surface area contributed by atoms with Crippen LogP contribution in [0.15, 0.2) is 42.5 Å². The van der Waals surface area contributed by atoms with Gasteiger partial charge in [0.05, 0.1) is 12.8 Å². The van der Waals surface area contributed by atoms with Crippen molar-refractivity contribution in [2.24, 2.45) is 0 Å². The van der Waals surface area contributed by atoms with Crippen LogP contribution in [0.1, 0.15) is 5.56 Å². The van der Waals surface area contributed by atoms with Gasteiger partial charge in [0, 0.05) is 11.4 Å². The number of rotatable bonds is 3. The third-order valence-corrected chi connectivity index (χ3v) is 3.59. The Hall–Kier alpha value is -2.20. The lowest BCUT2D eigenvalue weighted by molar-refractivity contribution is -0.122. The quantitative estimate of drug-likeness (QED) is 0.946. The predicted octanol–water partition coefficient (Wildman–Crippen LogP) is 3.29. The number of hydrogen-bond donors (Lipinski definition) is 1. The van der Waals surface area contributed by atoms with E-state index in [0.29, 0.717) is 22.9 Å². The molecule has 2 aromatic carbocycles. The molecule has 2 aromatic rings. The Bertz CT molecular complexity index is 662. The van der Waals surface area contributed by atoms with Gasteiger partial charge < -0.3 is 14.8 Å². The molecular formula is C16H14ClNO3. The van der Waals surface area contributed by atoms with Crippen LogP contribution < -0.4 is 14.8 Å². The number of carbonyl (C=O) groups excluding carboxylic acids is 1. The van der Waals surface area contributed by atoms with Crippen molar-refractivity contribution in [3.63, 3.8) is 0 Å². The fourth-order valence-corrected chi connectivity index (χ4v) is 2.49. The van der Waals surface area contributed by atoms with Crippen molar-refractivity contribution < 1.29 is 14.3 Å². The normalized spacial score (nSPS) is 16.0. The number of para-hydroxylation sites is 1. The summed E-state index contributed by atoms with van der Waals surface area (Å²) in [6.07, 6.45) is 0.0244. The third kappa shape index (κ3) is 2.81. The van der Waals surface area contributed by atoms with E-state index in [9.17, 15) is 4.79 Å². The molecule has 0 fully saturated rings. The SMILES string of the molecule is COc1ccc(Cl)cc1NC(=O)[C@@H]1Cc2ccccc2O1. The lowest BCUT2D eigenvalue weighted by atomic mass is 10.1. The highest BCUT2D eigenvalue weighted by molar-refractivity contribution is 6.31. The van der Waals surface area contributed by atoms with Crippen molar-refractivity contribution in [2.75, 3.05) is 12.4 Å².